The summed E-state index contributed by atoms with van der Waals surface area (Å²) in [7, 11) is -3.51. The molecule has 0 atom stereocenters. The van der Waals surface area contributed by atoms with Crippen molar-refractivity contribution in [3.63, 3.8) is 0 Å². The fourth-order valence-electron chi connectivity index (χ4n) is 8.71. The lowest BCUT2D eigenvalue weighted by Crippen LogP contribution is -2.24. The molecule has 0 saturated heterocycles. The third-order valence-corrected chi connectivity index (χ3v) is 19.8. The Morgan fingerprint density at radius 2 is 0.750 bits per heavy atom. The van der Waals surface area contributed by atoms with Gasteiger partial charge in [-0.3, -0.25) is 0 Å². The SMILES string of the molecule is N=P(Cc1cccc(CP(=N)(C2CCCCC2)C2CCCCC2)c1)(C1CCCCC1)C1CCCCC1. The summed E-state index contributed by atoms with van der Waals surface area (Å²) < 4.78 is 0. The van der Waals surface area contributed by atoms with Crippen LogP contribution in [0.5, 0.6) is 0 Å². The van der Waals surface area contributed by atoms with E-state index in [1.165, 1.54) is 140 Å². The van der Waals surface area contributed by atoms with E-state index >= 15 is 0 Å². The highest BCUT2D eigenvalue weighted by molar-refractivity contribution is 7.66. The molecule has 1 aromatic rings. The van der Waals surface area contributed by atoms with E-state index in [-0.39, 0.29) is 0 Å². The van der Waals surface area contributed by atoms with Gasteiger partial charge in [0.2, 0.25) is 0 Å². The summed E-state index contributed by atoms with van der Waals surface area (Å²) in [5.74, 6) is 0. The molecule has 5 rings (SSSR count). The van der Waals surface area contributed by atoms with Gasteiger partial charge in [-0.05, 0) is 99.2 Å². The first-order valence-electron chi connectivity index (χ1n) is 15.9. The van der Waals surface area contributed by atoms with Crippen LogP contribution < -0.4 is 0 Å². The van der Waals surface area contributed by atoms with Crippen molar-refractivity contribution in [2.45, 2.75) is 163 Å². The number of benzene rings is 1. The maximum absolute atomic E-state index is 10.1. The molecule has 0 aromatic heterocycles. The van der Waals surface area contributed by atoms with Gasteiger partial charge < -0.3 is 10.3 Å². The van der Waals surface area contributed by atoms with Gasteiger partial charge in [-0.15, -0.1) is 0 Å². The molecular formula is C32H54N2P2. The largest absolute Gasteiger partial charge is 0.318 e. The summed E-state index contributed by atoms with van der Waals surface area (Å²) in [6.45, 7) is 0. The highest BCUT2D eigenvalue weighted by Gasteiger charge is 2.39. The van der Waals surface area contributed by atoms with Crippen LogP contribution in [0.25, 0.3) is 0 Å². The number of hydrogen-bond donors (Lipinski definition) is 2. The third-order valence-electron chi connectivity index (χ3n) is 10.8. The highest BCUT2D eigenvalue weighted by atomic mass is 31.2. The third kappa shape index (κ3) is 6.28. The summed E-state index contributed by atoms with van der Waals surface area (Å²) >= 11 is 0. The molecule has 0 radical (unpaired) electrons. The van der Waals surface area contributed by atoms with Crippen molar-refractivity contribution < 1.29 is 0 Å². The van der Waals surface area contributed by atoms with Crippen LogP contribution in [0.15, 0.2) is 24.3 Å². The zero-order valence-corrected chi connectivity index (χ0v) is 24.9. The van der Waals surface area contributed by atoms with Gasteiger partial charge in [-0.2, -0.15) is 0 Å². The van der Waals surface area contributed by atoms with Crippen molar-refractivity contribution in [2.75, 3.05) is 0 Å². The summed E-state index contributed by atoms with van der Waals surface area (Å²) in [6.07, 6.45) is 29.3. The molecule has 0 aliphatic heterocycles. The molecule has 4 saturated carbocycles. The Morgan fingerprint density at radius 1 is 0.472 bits per heavy atom. The van der Waals surface area contributed by atoms with Gasteiger partial charge in [-0.25, -0.2) is 0 Å². The molecule has 0 heterocycles. The molecule has 2 nitrogen and oxygen atoms in total. The first-order chi connectivity index (χ1) is 17.6. The second kappa shape index (κ2) is 12.7. The molecule has 1 aromatic carbocycles. The van der Waals surface area contributed by atoms with E-state index in [1.54, 1.807) is 0 Å². The van der Waals surface area contributed by atoms with Crippen molar-refractivity contribution in [3.05, 3.63) is 35.4 Å². The Hall–Kier alpha value is -0.320. The van der Waals surface area contributed by atoms with Gasteiger partial charge in [0.1, 0.15) is 0 Å². The number of nitrogens with one attached hydrogen (secondary N) is 2. The molecule has 0 unspecified atom stereocenters. The van der Waals surface area contributed by atoms with Crippen LogP contribution in [-0.4, -0.2) is 22.6 Å². The molecule has 2 N–H and O–H groups in total. The Kier molecular flexibility index (Phi) is 9.61. The van der Waals surface area contributed by atoms with Crippen molar-refractivity contribution in [1.29, 1.82) is 10.3 Å². The number of rotatable bonds is 8. The van der Waals surface area contributed by atoms with Crippen molar-refractivity contribution in [3.8, 4) is 0 Å². The minimum atomic E-state index is -1.75. The molecule has 0 bridgehead atoms. The average Bonchev–Trinajstić information content (AvgIpc) is 2.95. The van der Waals surface area contributed by atoms with Gasteiger partial charge in [0.05, 0.1) is 0 Å². The Balaban J connectivity index is 1.38. The van der Waals surface area contributed by atoms with E-state index in [0.29, 0.717) is 22.6 Å². The molecular weight excluding hydrogens is 474 g/mol. The van der Waals surface area contributed by atoms with Gasteiger partial charge in [0, 0.05) is 12.3 Å². The predicted octanol–water partition coefficient (Wildman–Crippen LogP) is 11.6. The topological polar surface area (TPSA) is 47.7 Å². The summed E-state index contributed by atoms with van der Waals surface area (Å²) in [6, 6.07) is 9.56. The van der Waals surface area contributed by atoms with E-state index < -0.39 is 14.1 Å². The maximum Gasteiger partial charge on any atom is 0.00790 e. The Labute approximate surface area is 222 Å². The van der Waals surface area contributed by atoms with Crippen molar-refractivity contribution in [2.24, 2.45) is 0 Å². The first-order valence-corrected chi connectivity index (χ1v) is 20.1. The molecule has 4 aliphatic carbocycles. The second-order valence-electron chi connectivity index (χ2n) is 13.2. The fourth-order valence-corrected chi connectivity index (χ4v) is 17.7. The van der Waals surface area contributed by atoms with E-state index in [2.05, 4.69) is 24.3 Å². The van der Waals surface area contributed by atoms with Crippen LogP contribution >= 0.6 is 14.1 Å². The molecule has 36 heavy (non-hydrogen) atoms. The fraction of sp³-hybridized carbons (Fsp3) is 0.812. The van der Waals surface area contributed by atoms with Gasteiger partial charge in [0.25, 0.3) is 0 Å². The highest BCUT2D eigenvalue weighted by Crippen LogP contribution is 2.67. The first kappa shape index (κ1) is 27.3. The minimum Gasteiger partial charge on any atom is -0.318 e. The Bertz CT molecular complexity index is 801. The van der Waals surface area contributed by atoms with Gasteiger partial charge >= 0.3 is 0 Å². The van der Waals surface area contributed by atoms with Gasteiger partial charge in [-0.1, -0.05) is 101 Å². The molecule has 4 heteroatoms. The van der Waals surface area contributed by atoms with Crippen LogP contribution in [-0.2, 0) is 12.3 Å². The average molecular weight is 529 g/mol. The summed E-state index contributed by atoms with van der Waals surface area (Å²) in [5.41, 5.74) is 5.72. The summed E-state index contributed by atoms with van der Waals surface area (Å²) in [4.78, 5) is 0. The van der Waals surface area contributed by atoms with Crippen LogP contribution in [0.3, 0.4) is 0 Å². The van der Waals surface area contributed by atoms with Crippen molar-refractivity contribution >= 4 is 14.1 Å². The minimum absolute atomic E-state index is 0.699. The standard InChI is InChI=1S/C32H54N2P2/c33-35(29-16-5-1-6-17-29,30-18-7-2-8-19-30)25-27-14-13-15-28(24-27)26-36(34,31-20-9-3-10-21-31)32-22-11-4-12-23-32/h13-15,24,29-34H,1-12,16-23,25-26H2. The normalized spacial score (nSPS) is 24.7. The molecule has 202 valence electrons. The van der Waals surface area contributed by atoms with Gasteiger partial charge in [0.15, 0.2) is 0 Å². The smallest absolute Gasteiger partial charge is 0.00790 e. The predicted molar refractivity (Wildman–Crippen MR) is 161 cm³/mol. The lowest BCUT2D eigenvalue weighted by atomic mass is 9.99. The monoisotopic (exact) mass is 528 g/mol. The zero-order chi connectivity index (χ0) is 24.8. The molecule has 4 aliphatic rings. The van der Waals surface area contributed by atoms with E-state index in [0.717, 1.165) is 12.3 Å². The zero-order valence-electron chi connectivity index (χ0n) is 23.1. The van der Waals surface area contributed by atoms with Crippen LogP contribution in [0.4, 0.5) is 0 Å². The van der Waals surface area contributed by atoms with Crippen LogP contribution in [0, 0.1) is 10.3 Å². The van der Waals surface area contributed by atoms with E-state index in [1.807, 2.05) is 0 Å². The maximum atomic E-state index is 10.1. The van der Waals surface area contributed by atoms with Crippen LogP contribution in [0.1, 0.15) is 140 Å². The summed E-state index contributed by atoms with van der Waals surface area (Å²) in [5, 5.41) is 20.2. The number of hydrogen-bond acceptors (Lipinski definition) is 2. The van der Waals surface area contributed by atoms with Crippen molar-refractivity contribution in [1.82, 2.24) is 0 Å². The molecule has 0 spiro atoms. The van der Waals surface area contributed by atoms with E-state index in [4.69, 9.17) is 0 Å². The lowest BCUT2D eigenvalue weighted by molar-refractivity contribution is 0.479. The van der Waals surface area contributed by atoms with E-state index in [9.17, 15) is 10.3 Å². The molecule has 0 amide bonds. The Morgan fingerprint density at radius 3 is 1.03 bits per heavy atom. The quantitative estimate of drug-likeness (QED) is 0.315. The lowest BCUT2D eigenvalue weighted by Gasteiger charge is -2.42. The molecule has 4 fully saturated rings. The van der Waals surface area contributed by atoms with Crippen LogP contribution in [0.2, 0.25) is 0 Å². The second-order valence-corrected chi connectivity index (χ2v) is 20.4.